The molecular weight excluding hydrogens is 322 g/mol. The highest BCUT2D eigenvalue weighted by Gasteiger charge is 2.17. The molecule has 0 aliphatic rings. The number of rotatable bonds is 3. The van der Waals surface area contributed by atoms with E-state index in [0.717, 1.165) is 21.9 Å². The third-order valence-electron chi connectivity index (χ3n) is 3.10. The topological polar surface area (TPSA) is 56.3 Å². The van der Waals surface area contributed by atoms with Crippen molar-refractivity contribution in [2.75, 3.05) is 0 Å². The average molecular weight is 332 g/mol. The highest BCUT2D eigenvalue weighted by Crippen LogP contribution is 2.34. The van der Waals surface area contributed by atoms with Gasteiger partial charge in [-0.15, -0.1) is 0 Å². The maximum atomic E-state index is 11.1. The van der Waals surface area contributed by atoms with Gasteiger partial charge >= 0.3 is 0 Å². The van der Waals surface area contributed by atoms with Crippen LogP contribution in [0.25, 0.3) is 22.3 Å². The third-order valence-corrected chi connectivity index (χ3v) is 3.75. The smallest absolute Gasteiger partial charge is 0.280 e. The minimum absolute atomic E-state index is 0.0484. The van der Waals surface area contributed by atoms with E-state index in [1.54, 1.807) is 18.2 Å². The second kappa shape index (κ2) is 5.09. The van der Waals surface area contributed by atoms with Gasteiger partial charge in [0.15, 0.2) is 0 Å². The lowest BCUT2D eigenvalue weighted by atomic mass is 10.1. The molecule has 5 heteroatoms. The Hall–Kier alpha value is -2.14. The molecule has 0 atom stereocenters. The maximum absolute atomic E-state index is 11.1. The predicted octanol–water partition coefficient (Wildman–Crippen LogP) is 4.90. The summed E-state index contributed by atoms with van der Waals surface area (Å²) in [5.74, 6) is 0.513. The molecule has 0 N–H and O–H groups in total. The Balaban J connectivity index is 2.18. The number of furan rings is 1. The van der Waals surface area contributed by atoms with E-state index < -0.39 is 4.92 Å². The van der Waals surface area contributed by atoms with Crippen molar-refractivity contribution in [3.05, 3.63) is 64.2 Å². The van der Waals surface area contributed by atoms with E-state index in [0.29, 0.717) is 11.3 Å². The van der Waals surface area contributed by atoms with Gasteiger partial charge in [0.2, 0.25) is 0 Å². The van der Waals surface area contributed by atoms with Gasteiger partial charge in [-0.05, 0) is 29.8 Å². The number of benzene rings is 2. The van der Waals surface area contributed by atoms with Crippen LogP contribution in [0.1, 0.15) is 5.56 Å². The second-order valence-electron chi connectivity index (χ2n) is 4.39. The van der Waals surface area contributed by atoms with E-state index in [1.807, 2.05) is 24.3 Å². The van der Waals surface area contributed by atoms with Crippen molar-refractivity contribution < 1.29 is 9.34 Å². The number of hydrogen-bond donors (Lipinski definition) is 0. The van der Waals surface area contributed by atoms with Gasteiger partial charge in [-0.25, -0.2) is 0 Å². The molecular formula is C15H10BrNO3. The summed E-state index contributed by atoms with van der Waals surface area (Å²) in [4.78, 5) is 10.7. The minimum atomic E-state index is -0.396. The number of fused-ring (bicyclic) bond motifs is 1. The van der Waals surface area contributed by atoms with Crippen LogP contribution in [0.15, 0.2) is 52.9 Å². The van der Waals surface area contributed by atoms with Gasteiger partial charge < -0.3 is 4.42 Å². The molecule has 0 aliphatic carbocycles. The Bertz CT molecular complexity index is 795. The lowest BCUT2D eigenvalue weighted by molar-refractivity contribution is -0.384. The first-order chi connectivity index (χ1) is 9.69. The van der Waals surface area contributed by atoms with E-state index >= 15 is 0 Å². The zero-order valence-corrected chi connectivity index (χ0v) is 12.0. The summed E-state index contributed by atoms with van der Waals surface area (Å²) < 4.78 is 5.72. The van der Waals surface area contributed by atoms with E-state index in [-0.39, 0.29) is 5.69 Å². The Morgan fingerprint density at radius 3 is 2.70 bits per heavy atom. The number of hydrogen-bond acceptors (Lipinski definition) is 3. The molecule has 0 saturated carbocycles. The van der Waals surface area contributed by atoms with Crippen LogP contribution < -0.4 is 0 Å². The summed E-state index contributed by atoms with van der Waals surface area (Å²) >= 11 is 3.41. The van der Waals surface area contributed by atoms with E-state index in [9.17, 15) is 10.1 Å². The van der Waals surface area contributed by atoms with Crippen LogP contribution in [0.5, 0.6) is 0 Å². The van der Waals surface area contributed by atoms with Crippen LogP contribution in [-0.2, 0) is 5.33 Å². The summed E-state index contributed by atoms with van der Waals surface area (Å²) in [6, 6.07) is 14.3. The zero-order valence-electron chi connectivity index (χ0n) is 10.4. The molecule has 4 nitrogen and oxygen atoms in total. The minimum Gasteiger partial charge on any atom is -0.456 e. The number of para-hydroxylation sites is 1. The lowest BCUT2D eigenvalue weighted by Gasteiger charge is -1.98. The molecule has 0 unspecified atom stereocenters. The number of nitro groups is 1. The van der Waals surface area contributed by atoms with Gasteiger partial charge in [-0.1, -0.05) is 34.1 Å². The lowest BCUT2D eigenvalue weighted by Crippen LogP contribution is -1.90. The Labute approximate surface area is 123 Å². The quantitative estimate of drug-likeness (QED) is 0.389. The molecule has 1 aromatic heterocycles. The number of nitrogens with zero attached hydrogens (tertiary/aromatic N) is 1. The monoisotopic (exact) mass is 331 g/mol. The van der Waals surface area contributed by atoms with Crippen molar-refractivity contribution in [3.63, 3.8) is 0 Å². The van der Waals surface area contributed by atoms with Crippen molar-refractivity contribution >= 4 is 32.6 Å². The van der Waals surface area contributed by atoms with Gasteiger partial charge in [0.05, 0.1) is 10.5 Å². The van der Waals surface area contributed by atoms with Crippen molar-refractivity contribution in [1.29, 1.82) is 0 Å². The van der Waals surface area contributed by atoms with Crippen LogP contribution in [0, 0.1) is 10.1 Å². The molecule has 2 aromatic carbocycles. The third kappa shape index (κ3) is 2.20. The number of nitro benzene ring substituents is 1. The molecule has 1 heterocycles. The normalized spacial score (nSPS) is 10.8. The van der Waals surface area contributed by atoms with Crippen LogP contribution in [-0.4, -0.2) is 4.92 Å². The Kier molecular flexibility index (Phi) is 3.28. The predicted molar refractivity (Wildman–Crippen MR) is 80.9 cm³/mol. The van der Waals surface area contributed by atoms with Crippen LogP contribution in [0.4, 0.5) is 5.69 Å². The fourth-order valence-corrected chi connectivity index (χ4v) is 2.50. The fourth-order valence-electron chi connectivity index (χ4n) is 2.15. The summed E-state index contributed by atoms with van der Waals surface area (Å²) in [6.07, 6.45) is 0. The van der Waals surface area contributed by atoms with Crippen LogP contribution >= 0.6 is 15.9 Å². The first-order valence-electron chi connectivity index (χ1n) is 6.01. The average Bonchev–Trinajstić information content (AvgIpc) is 2.89. The summed E-state index contributed by atoms with van der Waals surface area (Å²) in [7, 11) is 0. The van der Waals surface area contributed by atoms with E-state index in [2.05, 4.69) is 15.9 Å². The van der Waals surface area contributed by atoms with E-state index in [4.69, 9.17) is 4.42 Å². The standard InChI is InChI=1S/C15H10BrNO3/c16-9-10-5-6-14-11(7-10)8-15(20-14)12-3-1-2-4-13(12)17(18)19/h1-8H,9H2. The van der Waals surface area contributed by atoms with Crippen molar-refractivity contribution in [3.8, 4) is 11.3 Å². The first-order valence-corrected chi connectivity index (χ1v) is 7.13. The molecule has 0 saturated heterocycles. The van der Waals surface area contributed by atoms with Gasteiger partial charge in [0, 0.05) is 16.8 Å². The molecule has 0 aliphatic heterocycles. The van der Waals surface area contributed by atoms with Gasteiger partial charge in [-0.3, -0.25) is 10.1 Å². The summed E-state index contributed by atoms with van der Waals surface area (Å²) in [6.45, 7) is 0. The fraction of sp³-hybridized carbons (Fsp3) is 0.0667. The highest BCUT2D eigenvalue weighted by molar-refractivity contribution is 9.08. The molecule has 3 aromatic rings. The van der Waals surface area contributed by atoms with Gasteiger partial charge in [0.25, 0.3) is 5.69 Å². The molecule has 0 spiro atoms. The van der Waals surface area contributed by atoms with Crippen LogP contribution in [0.3, 0.4) is 0 Å². The van der Waals surface area contributed by atoms with Crippen LogP contribution in [0.2, 0.25) is 0 Å². The molecule has 100 valence electrons. The Morgan fingerprint density at radius 2 is 1.95 bits per heavy atom. The largest absolute Gasteiger partial charge is 0.456 e. The SMILES string of the molecule is O=[N+]([O-])c1ccccc1-c1cc2cc(CBr)ccc2o1. The summed E-state index contributed by atoms with van der Waals surface area (Å²) in [5, 5.41) is 12.8. The molecule has 0 radical (unpaired) electrons. The van der Waals surface area contributed by atoms with Crippen molar-refractivity contribution in [1.82, 2.24) is 0 Å². The highest BCUT2D eigenvalue weighted by atomic mass is 79.9. The first kappa shape index (κ1) is 12.9. The number of alkyl halides is 1. The van der Waals surface area contributed by atoms with Crippen molar-refractivity contribution in [2.45, 2.75) is 5.33 Å². The maximum Gasteiger partial charge on any atom is 0.280 e. The van der Waals surface area contributed by atoms with Gasteiger partial charge in [0.1, 0.15) is 11.3 Å². The molecule has 3 rings (SSSR count). The summed E-state index contributed by atoms with van der Waals surface area (Å²) in [5.41, 5.74) is 2.40. The van der Waals surface area contributed by atoms with Crippen molar-refractivity contribution in [2.24, 2.45) is 0 Å². The molecule has 0 amide bonds. The van der Waals surface area contributed by atoms with Gasteiger partial charge in [-0.2, -0.15) is 0 Å². The zero-order chi connectivity index (χ0) is 14.1. The van der Waals surface area contributed by atoms with E-state index in [1.165, 1.54) is 6.07 Å². The second-order valence-corrected chi connectivity index (χ2v) is 4.95. The molecule has 0 fully saturated rings. The molecule has 20 heavy (non-hydrogen) atoms. The molecule has 0 bridgehead atoms. The number of halogens is 1. The Morgan fingerprint density at radius 1 is 1.15 bits per heavy atom.